The summed E-state index contributed by atoms with van der Waals surface area (Å²) < 4.78 is 5.29. The molecule has 4 rings (SSSR count). The van der Waals surface area contributed by atoms with Gasteiger partial charge in [0.1, 0.15) is 5.75 Å². The molecule has 1 saturated heterocycles. The van der Waals surface area contributed by atoms with Gasteiger partial charge in [0.25, 0.3) is 0 Å². The van der Waals surface area contributed by atoms with Gasteiger partial charge in [-0.3, -0.25) is 10.2 Å². The summed E-state index contributed by atoms with van der Waals surface area (Å²) >= 11 is 0. The maximum Gasteiger partial charge on any atom is 0.226 e. The molecular weight excluding hydrogens is 328 g/mol. The van der Waals surface area contributed by atoms with Crippen molar-refractivity contribution < 1.29 is 9.53 Å². The SMILES string of the molecule is COc1cccc(C2NNCC2C(=O)NCc2ccc3cc[nH]c3c2)c1. The van der Waals surface area contributed by atoms with Crippen LogP contribution in [0.5, 0.6) is 5.75 Å². The summed E-state index contributed by atoms with van der Waals surface area (Å²) in [6, 6.07) is 15.9. The van der Waals surface area contributed by atoms with Crippen LogP contribution in [0.2, 0.25) is 0 Å². The summed E-state index contributed by atoms with van der Waals surface area (Å²) in [4.78, 5) is 15.9. The van der Waals surface area contributed by atoms with Crippen molar-refractivity contribution in [2.45, 2.75) is 12.6 Å². The molecule has 0 radical (unpaired) electrons. The van der Waals surface area contributed by atoms with Crippen molar-refractivity contribution in [3.8, 4) is 5.75 Å². The van der Waals surface area contributed by atoms with E-state index in [1.807, 2.05) is 42.6 Å². The fourth-order valence-electron chi connectivity index (χ4n) is 3.42. The summed E-state index contributed by atoms with van der Waals surface area (Å²) in [7, 11) is 1.64. The zero-order valence-electron chi connectivity index (χ0n) is 14.6. The van der Waals surface area contributed by atoms with Crippen LogP contribution in [0.4, 0.5) is 0 Å². The van der Waals surface area contributed by atoms with Crippen molar-refractivity contribution >= 4 is 16.8 Å². The second-order valence-electron chi connectivity index (χ2n) is 6.50. The molecule has 0 spiro atoms. The largest absolute Gasteiger partial charge is 0.497 e. The second-order valence-corrected chi connectivity index (χ2v) is 6.50. The first-order valence-corrected chi connectivity index (χ1v) is 8.70. The Balaban J connectivity index is 1.44. The number of methoxy groups -OCH3 is 1. The number of carbonyl (C=O) groups is 1. The Bertz CT molecular complexity index is 921. The molecule has 0 saturated carbocycles. The Kier molecular flexibility index (Phi) is 4.60. The highest BCUT2D eigenvalue weighted by atomic mass is 16.5. The maximum absolute atomic E-state index is 12.7. The Labute approximate surface area is 151 Å². The average Bonchev–Trinajstić information content (AvgIpc) is 3.35. The number of ether oxygens (including phenoxy) is 1. The van der Waals surface area contributed by atoms with Crippen LogP contribution in [0.15, 0.2) is 54.7 Å². The number of aromatic nitrogens is 1. The van der Waals surface area contributed by atoms with Crippen molar-refractivity contribution in [2.24, 2.45) is 5.92 Å². The van der Waals surface area contributed by atoms with Gasteiger partial charge in [-0.25, -0.2) is 5.43 Å². The van der Waals surface area contributed by atoms with E-state index in [0.29, 0.717) is 13.1 Å². The Morgan fingerprint density at radius 1 is 1.23 bits per heavy atom. The van der Waals surface area contributed by atoms with Crippen LogP contribution in [0.1, 0.15) is 17.2 Å². The number of fused-ring (bicyclic) bond motifs is 1. The molecule has 2 unspecified atom stereocenters. The van der Waals surface area contributed by atoms with E-state index < -0.39 is 0 Å². The number of amides is 1. The molecule has 4 N–H and O–H groups in total. The van der Waals surface area contributed by atoms with E-state index in [2.05, 4.69) is 33.3 Å². The first-order chi connectivity index (χ1) is 12.7. The lowest BCUT2D eigenvalue weighted by Gasteiger charge is -2.19. The standard InChI is InChI=1S/C20H22N4O2/c1-26-16-4-2-3-15(10-16)19-17(12-23-24-19)20(25)22-11-13-5-6-14-7-8-21-18(14)9-13/h2-10,17,19,21,23-24H,11-12H2,1H3,(H,22,25). The van der Waals surface area contributed by atoms with Crippen LogP contribution < -0.4 is 20.9 Å². The lowest BCUT2D eigenvalue weighted by molar-refractivity contribution is -0.125. The molecule has 2 aromatic carbocycles. The summed E-state index contributed by atoms with van der Waals surface area (Å²) in [6.07, 6.45) is 1.92. The minimum absolute atomic E-state index is 0.0295. The third-order valence-corrected chi connectivity index (χ3v) is 4.86. The zero-order valence-corrected chi connectivity index (χ0v) is 14.6. The molecule has 1 aliphatic heterocycles. The fourth-order valence-corrected chi connectivity index (χ4v) is 3.42. The van der Waals surface area contributed by atoms with E-state index >= 15 is 0 Å². The summed E-state index contributed by atoms with van der Waals surface area (Å²) in [6.45, 7) is 1.10. The molecule has 1 amide bonds. The van der Waals surface area contributed by atoms with E-state index in [1.165, 1.54) is 5.39 Å². The van der Waals surface area contributed by atoms with Gasteiger partial charge in [0.2, 0.25) is 5.91 Å². The molecule has 2 atom stereocenters. The fraction of sp³-hybridized carbons (Fsp3) is 0.250. The Morgan fingerprint density at radius 3 is 3.04 bits per heavy atom. The van der Waals surface area contributed by atoms with Gasteiger partial charge in [0.05, 0.1) is 19.1 Å². The number of carbonyl (C=O) groups excluding carboxylic acids is 1. The predicted octanol–water partition coefficient (Wildman–Crippen LogP) is 2.26. The van der Waals surface area contributed by atoms with Crippen molar-refractivity contribution in [1.82, 2.24) is 21.2 Å². The molecule has 2 heterocycles. The van der Waals surface area contributed by atoms with E-state index in [-0.39, 0.29) is 17.9 Å². The van der Waals surface area contributed by atoms with E-state index in [0.717, 1.165) is 22.4 Å². The number of benzene rings is 2. The van der Waals surface area contributed by atoms with Crippen LogP contribution in [0.25, 0.3) is 10.9 Å². The molecule has 6 nitrogen and oxygen atoms in total. The maximum atomic E-state index is 12.7. The van der Waals surface area contributed by atoms with Gasteiger partial charge in [0.15, 0.2) is 0 Å². The third-order valence-electron chi connectivity index (χ3n) is 4.86. The minimum Gasteiger partial charge on any atom is -0.497 e. The molecular formula is C20H22N4O2. The molecule has 0 aliphatic carbocycles. The molecule has 1 aromatic heterocycles. The number of H-pyrrole nitrogens is 1. The predicted molar refractivity (Wildman–Crippen MR) is 101 cm³/mol. The average molecular weight is 350 g/mol. The lowest BCUT2D eigenvalue weighted by atomic mass is 9.94. The highest BCUT2D eigenvalue weighted by molar-refractivity contribution is 5.81. The van der Waals surface area contributed by atoms with Crippen LogP contribution >= 0.6 is 0 Å². The zero-order chi connectivity index (χ0) is 17.9. The van der Waals surface area contributed by atoms with Crippen LogP contribution in [-0.2, 0) is 11.3 Å². The van der Waals surface area contributed by atoms with E-state index in [9.17, 15) is 4.79 Å². The lowest BCUT2D eigenvalue weighted by Crippen LogP contribution is -2.34. The smallest absolute Gasteiger partial charge is 0.226 e. The minimum atomic E-state index is -0.184. The molecule has 134 valence electrons. The van der Waals surface area contributed by atoms with Crippen LogP contribution in [0, 0.1) is 5.92 Å². The Morgan fingerprint density at radius 2 is 2.15 bits per heavy atom. The van der Waals surface area contributed by atoms with Gasteiger partial charge in [-0.05, 0) is 40.8 Å². The van der Waals surface area contributed by atoms with Gasteiger partial charge in [-0.2, -0.15) is 0 Å². The van der Waals surface area contributed by atoms with Gasteiger partial charge in [-0.15, -0.1) is 0 Å². The molecule has 26 heavy (non-hydrogen) atoms. The van der Waals surface area contributed by atoms with Crippen molar-refractivity contribution in [2.75, 3.05) is 13.7 Å². The number of hydrazine groups is 1. The quantitative estimate of drug-likeness (QED) is 0.569. The normalized spacial score (nSPS) is 19.6. The number of hydrogen-bond donors (Lipinski definition) is 4. The number of nitrogens with one attached hydrogen (secondary N) is 4. The first kappa shape index (κ1) is 16.6. The van der Waals surface area contributed by atoms with Crippen LogP contribution in [0.3, 0.4) is 0 Å². The number of rotatable bonds is 5. The molecule has 1 fully saturated rings. The summed E-state index contributed by atoms with van der Waals surface area (Å²) in [5.41, 5.74) is 9.49. The molecule has 6 heteroatoms. The molecule has 0 bridgehead atoms. The van der Waals surface area contributed by atoms with Crippen molar-refractivity contribution in [1.29, 1.82) is 0 Å². The number of hydrogen-bond acceptors (Lipinski definition) is 4. The van der Waals surface area contributed by atoms with Crippen LogP contribution in [-0.4, -0.2) is 24.5 Å². The van der Waals surface area contributed by atoms with E-state index in [4.69, 9.17) is 4.74 Å². The monoisotopic (exact) mass is 350 g/mol. The van der Waals surface area contributed by atoms with Gasteiger partial charge in [-0.1, -0.05) is 24.3 Å². The van der Waals surface area contributed by atoms with Gasteiger partial charge < -0.3 is 15.0 Å². The second kappa shape index (κ2) is 7.19. The highest BCUT2D eigenvalue weighted by Crippen LogP contribution is 2.27. The van der Waals surface area contributed by atoms with Gasteiger partial charge >= 0.3 is 0 Å². The van der Waals surface area contributed by atoms with Gasteiger partial charge in [0, 0.05) is 24.8 Å². The first-order valence-electron chi connectivity index (χ1n) is 8.70. The van der Waals surface area contributed by atoms with Crippen molar-refractivity contribution in [3.63, 3.8) is 0 Å². The van der Waals surface area contributed by atoms with E-state index in [1.54, 1.807) is 7.11 Å². The molecule has 3 aromatic rings. The third kappa shape index (κ3) is 3.29. The summed E-state index contributed by atoms with van der Waals surface area (Å²) in [5.74, 6) is 0.632. The summed E-state index contributed by atoms with van der Waals surface area (Å²) in [5, 5.41) is 4.23. The topological polar surface area (TPSA) is 78.2 Å². The molecule has 1 aliphatic rings. The van der Waals surface area contributed by atoms with Crippen molar-refractivity contribution in [3.05, 3.63) is 65.9 Å². The number of aromatic amines is 1. The Hall–Kier alpha value is -2.83. The highest BCUT2D eigenvalue weighted by Gasteiger charge is 2.33.